The molecule has 0 amide bonds. The van der Waals surface area contributed by atoms with Crippen LogP contribution in [0.25, 0.3) is 0 Å². The molecule has 0 rings (SSSR count). The molecule has 0 aromatic heterocycles. The third kappa shape index (κ3) is 3.63. The van der Waals surface area contributed by atoms with Crippen LogP contribution < -0.4 is 0 Å². The maximum absolute atomic E-state index is 10.2. The van der Waals surface area contributed by atoms with E-state index in [1.165, 1.54) is 6.07 Å². The molecule has 0 unspecified atom stereocenters. The molecule has 0 aromatic carbocycles. The number of carbonyl (C=O) groups excluding carboxylic acids is 1. The van der Waals surface area contributed by atoms with E-state index in [2.05, 4.69) is 0 Å². The molecule has 0 atom stereocenters. The molecule has 0 saturated carbocycles. The number of rotatable bonds is 3. The zero-order valence-corrected chi connectivity index (χ0v) is 5.11. The van der Waals surface area contributed by atoms with Crippen LogP contribution in [0.15, 0.2) is 0 Å². The zero-order chi connectivity index (χ0) is 6.41. The lowest BCUT2D eigenvalue weighted by Crippen LogP contribution is -1.91. The Morgan fingerprint density at radius 3 is 2.75 bits per heavy atom. The monoisotopic (exact) mass is 131 g/mol. The molecule has 0 aromatic rings. The topological polar surface area (TPSA) is 40.9 Å². The van der Waals surface area contributed by atoms with Crippen molar-refractivity contribution in [2.24, 2.45) is 0 Å². The highest BCUT2D eigenvalue weighted by Crippen LogP contribution is 1.91. The van der Waals surface area contributed by atoms with Crippen molar-refractivity contribution in [3.63, 3.8) is 0 Å². The molecule has 0 aliphatic carbocycles. The molecule has 0 fully saturated rings. The Kier molecular flexibility index (Phi) is 4.29. The average Bonchev–Trinajstić information content (AvgIpc) is 1.83. The minimum atomic E-state index is -0.384. The Balaban J connectivity index is 3.16. The highest BCUT2D eigenvalue weighted by molar-refractivity contribution is 6.18. The minimum Gasteiger partial charge on any atom is -0.283 e. The van der Waals surface area contributed by atoms with Gasteiger partial charge >= 0.3 is 0 Å². The van der Waals surface area contributed by atoms with E-state index in [4.69, 9.17) is 16.9 Å². The number of hydrogen-bond acceptors (Lipinski definition) is 2. The second-order valence-corrected chi connectivity index (χ2v) is 1.71. The van der Waals surface area contributed by atoms with Crippen LogP contribution in [0.1, 0.15) is 12.8 Å². The van der Waals surface area contributed by atoms with Gasteiger partial charge in [-0.2, -0.15) is 5.26 Å². The van der Waals surface area contributed by atoms with E-state index in [-0.39, 0.29) is 5.78 Å². The quantitative estimate of drug-likeness (QED) is 0.425. The van der Waals surface area contributed by atoms with Crippen LogP contribution in [-0.4, -0.2) is 11.7 Å². The molecular weight excluding hydrogens is 126 g/mol. The maximum Gasteiger partial charge on any atom is 0.231 e. The van der Waals surface area contributed by atoms with E-state index < -0.39 is 0 Å². The molecule has 44 valence electrons. The average molecular weight is 132 g/mol. The van der Waals surface area contributed by atoms with Crippen LogP contribution in [0.5, 0.6) is 0 Å². The van der Waals surface area contributed by atoms with E-state index in [0.29, 0.717) is 18.7 Å². The summed E-state index contributed by atoms with van der Waals surface area (Å²) in [6.45, 7) is 0. The van der Waals surface area contributed by atoms with Crippen LogP contribution in [0.4, 0.5) is 0 Å². The van der Waals surface area contributed by atoms with Crippen LogP contribution in [0.2, 0.25) is 0 Å². The van der Waals surface area contributed by atoms with E-state index in [0.717, 1.165) is 0 Å². The van der Waals surface area contributed by atoms with E-state index in [1.807, 2.05) is 0 Å². The van der Waals surface area contributed by atoms with E-state index >= 15 is 0 Å². The Morgan fingerprint density at radius 1 is 1.75 bits per heavy atom. The lowest BCUT2D eigenvalue weighted by atomic mass is 10.2. The van der Waals surface area contributed by atoms with Crippen LogP contribution in [-0.2, 0) is 4.79 Å². The summed E-state index contributed by atoms with van der Waals surface area (Å²) in [6, 6.07) is 1.50. The van der Waals surface area contributed by atoms with Crippen molar-refractivity contribution >= 4 is 17.4 Å². The van der Waals surface area contributed by atoms with E-state index in [9.17, 15) is 4.79 Å². The first-order chi connectivity index (χ1) is 3.81. The summed E-state index contributed by atoms with van der Waals surface area (Å²) in [4.78, 5) is 10.2. The Bertz CT molecular complexity index is 116. The summed E-state index contributed by atoms with van der Waals surface area (Å²) in [5.74, 6) is 0.0681. The molecule has 2 nitrogen and oxygen atoms in total. The fraction of sp³-hybridized carbons (Fsp3) is 0.600. The maximum atomic E-state index is 10.2. The summed E-state index contributed by atoms with van der Waals surface area (Å²) in [6.07, 6.45) is 0.897. The predicted molar refractivity (Wildman–Crippen MR) is 30.6 cm³/mol. The van der Waals surface area contributed by atoms with Gasteiger partial charge in [0.15, 0.2) is 0 Å². The van der Waals surface area contributed by atoms with Gasteiger partial charge in [0.2, 0.25) is 5.78 Å². The molecule has 0 radical (unpaired) electrons. The fourth-order valence-electron chi connectivity index (χ4n) is 0.283. The van der Waals surface area contributed by atoms with E-state index in [1.54, 1.807) is 0 Å². The van der Waals surface area contributed by atoms with Crippen LogP contribution >= 0.6 is 11.6 Å². The van der Waals surface area contributed by atoms with Gasteiger partial charge in [-0.25, -0.2) is 0 Å². The SMILES string of the molecule is N#CC(=O)CCCCl. The number of hydrogen-bond donors (Lipinski definition) is 0. The van der Waals surface area contributed by atoms with Crippen molar-refractivity contribution in [3.8, 4) is 6.07 Å². The van der Waals surface area contributed by atoms with Crippen LogP contribution in [0, 0.1) is 11.3 Å². The first-order valence-electron chi connectivity index (χ1n) is 2.30. The molecule has 0 heterocycles. The number of nitrogens with zero attached hydrogens (tertiary/aromatic N) is 1. The van der Waals surface area contributed by atoms with Crippen molar-refractivity contribution in [2.45, 2.75) is 12.8 Å². The van der Waals surface area contributed by atoms with Gasteiger partial charge in [-0.05, 0) is 6.42 Å². The highest BCUT2D eigenvalue weighted by atomic mass is 35.5. The molecule has 0 aliphatic heterocycles. The lowest BCUT2D eigenvalue weighted by molar-refractivity contribution is -0.114. The Morgan fingerprint density at radius 2 is 2.38 bits per heavy atom. The first-order valence-corrected chi connectivity index (χ1v) is 2.83. The van der Waals surface area contributed by atoms with Gasteiger partial charge in [-0.3, -0.25) is 4.79 Å². The molecule has 0 spiro atoms. The summed E-state index contributed by atoms with van der Waals surface area (Å²) in [7, 11) is 0. The summed E-state index contributed by atoms with van der Waals surface area (Å²) < 4.78 is 0. The molecule has 0 N–H and O–H groups in total. The number of carbonyl (C=O) groups is 1. The third-order valence-corrected chi connectivity index (χ3v) is 0.929. The molecular formula is C5H6ClNO. The van der Waals surface area contributed by atoms with Crippen molar-refractivity contribution in [2.75, 3.05) is 5.88 Å². The van der Waals surface area contributed by atoms with Crippen molar-refractivity contribution in [3.05, 3.63) is 0 Å². The normalized spacial score (nSPS) is 8.00. The lowest BCUT2D eigenvalue weighted by Gasteiger charge is -1.83. The van der Waals surface area contributed by atoms with Crippen molar-refractivity contribution < 1.29 is 4.79 Å². The van der Waals surface area contributed by atoms with Gasteiger partial charge in [0, 0.05) is 12.3 Å². The van der Waals surface area contributed by atoms with Gasteiger partial charge in [0.05, 0.1) is 0 Å². The van der Waals surface area contributed by atoms with Gasteiger partial charge in [0.1, 0.15) is 6.07 Å². The van der Waals surface area contributed by atoms with Crippen molar-refractivity contribution in [1.29, 1.82) is 5.26 Å². The largest absolute Gasteiger partial charge is 0.283 e. The molecule has 3 heteroatoms. The molecule has 0 bridgehead atoms. The smallest absolute Gasteiger partial charge is 0.231 e. The summed E-state index contributed by atoms with van der Waals surface area (Å²) in [5.41, 5.74) is 0. The second kappa shape index (κ2) is 4.61. The Hall–Kier alpha value is -0.550. The van der Waals surface area contributed by atoms with Gasteiger partial charge in [-0.1, -0.05) is 0 Å². The summed E-state index contributed by atoms with van der Waals surface area (Å²) in [5, 5.41) is 7.92. The first kappa shape index (κ1) is 7.45. The molecule has 0 aliphatic rings. The number of Topliss-reactive ketones (excluding diaryl/α,β-unsaturated/α-hetero) is 1. The fourth-order valence-corrected chi connectivity index (χ4v) is 0.417. The van der Waals surface area contributed by atoms with Crippen LogP contribution in [0.3, 0.4) is 0 Å². The predicted octanol–water partition coefficient (Wildman–Crippen LogP) is 1.10. The third-order valence-electron chi connectivity index (χ3n) is 0.662. The van der Waals surface area contributed by atoms with Gasteiger partial charge in [-0.15, -0.1) is 11.6 Å². The van der Waals surface area contributed by atoms with Crippen molar-refractivity contribution in [1.82, 2.24) is 0 Å². The molecule has 8 heavy (non-hydrogen) atoms. The zero-order valence-electron chi connectivity index (χ0n) is 4.35. The number of nitriles is 1. The number of ketones is 1. The Labute approximate surface area is 53.1 Å². The number of halogens is 1. The molecule has 0 saturated heterocycles. The minimum absolute atomic E-state index is 0.292. The van der Waals surface area contributed by atoms with Gasteiger partial charge in [0.25, 0.3) is 0 Å². The highest BCUT2D eigenvalue weighted by Gasteiger charge is 1.95. The standard InChI is InChI=1S/C5H6ClNO/c6-3-1-2-5(8)4-7/h1-3H2. The summed E-state index contributed by atoms with van der Waals surface area (Å²) >= 11 is 5.24. The number of alkyl halides is 1. The van der Waals surface area contributed by atoms with Gasteiger partial charge < -0.3 is 0 Å². The second-order valence-electron chi connectivity index (χ2n) is 1.33.